The van der Waals surface area contributed by atoms with E-state index in [1.54, 1.807) is 18.8 Å². The lowest BCUT2D eigenvalue weighted by Gasteiger charge is -1.90. The molecule has 0 fully saturated rings. The molecular weight excluding hydrogens is 176 g/mol. The fraction of sp³-hybridized carbons (Fsp3) is 0.250. The molecule has 2 heteroatoms. The Morgan fingerprint density at radius 2 is 2.21 bits per heavy atom. The first kappa shape index (κ1) is 9.13. The maximum Gasteiger partial charge on any atom is 0.108 e. The van der Waals surface area contributed by atoms with E-state index in [2.05, 4.69) is 13.3 Å². The minimum Gasteiger partial charge on any atom is -0.472 e. The maximum atomic E-state index is 5.39. The van der Waals surface area contributed by atoms with Crippen LogP contribution < -0.4 is 0 Å². The number of rotatable bonds is 4. The van der Waals surface area contributed by atoms with Crippen LogP contribution >= 0.6 is 0 Å². The van der Waals surface area contributed by atoms with Gasteiger partial charge in [-0.3, -0.25) is 0 Å². The van der Waals surface area contributed by atoms with Crippen molar-refractivity contribution in [3.8, 4) is 11.1 Å². The minimum atomic E-state index is 0.933. The van der Waals surface area contributed by atoms with E-state index >= 15 is 0 Å². The third kappa shape index (κ3) is 1.90. The third-order valence-corrected chi connectivity index (χ3v) is 2.11. The Morgan fingerprint density at radius 1 is 1.29 bits per heavy atom. The van der Waals surface area contributed by atoms with E-state index in [-0.39, 0.29) is 0 Å². The predicted molar refractivity (Wildman–Crippen MR) is 54.7 cm³/mol. The van der Waals surface area contributed by atoms with Gasteiger partial charge in [0.15, 0.2) is 0 Å². The second kappa shape index (κ2) is 4.18. The fourth-order valence-corrected chi connectivity index (χ4v) is 1.33. The van der Waals surface area contributed by atoms with Crippen molar-refractivity contribution < 1.29 is 8.83 Å². The van der Waals surface area contributed by atoms with Gasteiger partial charge in [-0.2, -0.15) is 0 Å². The van der Waals surface area contributed by atoms with Crippen molar-refractivity contribution >= 4 is 0 Å². The molecule has 0 saturated heterocycles. The van der Waals surface area contributed by atoms with E-state index in [9.17, 15) is 0 Å². The minimum absolute atomic E-state index is 0.933. The van der Waals surface area contributed by atoms with Crippen molar-refractivity contribution in [1.29, 1.82) is 0 Å². The van der Waals surface area contributed by atoms with Crippen LogP contribution in [-0.2, 0) is 0 Å². The van der Waals surface area contributed by atoms with E-state index in [0.29, 0.717) is 0 Å². The van der Waals surface area contributed by atoms with Crippen LogP contribution in [0.15, 0.2) is 39.8 Å². The second-order valence-electron chi connectivity index (χ2n) is 3.24. The Bertz CT molecular complexity index is 371. The summed E-state index contributed by atoms with van der Waals surface area (Å²) in [7, 11) is 0. The summed E-state index contributed by atoms with van der Waals surface area (Å²) in [5, 5.41) is 0. The monoisotopic (exact) mass is 189 g/mol. The molecular formula is C12H13O2. The molecule has 2 heterocycles. The molecule has 0 aromatic carbocycles. The zero-order chi connectivity index (χ0) is 9.80. The summed E-state index contributed by atoms with van der Waals surface area (Å²) in [4.78, 5) is 0. The molecule has 0 N–H and O–H groups in total. The van der Waals surface area contributed by atoms with Gasteiger partial charge < -0.3 is 8.83 Å². The van der Waals surface area contributed by atoms with Crippen LogP contribution in [0.3, 0.4) is 0 Å². The second-order valence-corrected chi connectivity index (χ2v) is 3.24. The van der Waals surface area contributed by atoms with Gasteiger partial charge in [0.2, 0.25) is 0 Å². The molecule has 0 unspecified atom stereocenters. The lowest BCUT2D eigenvalue weighted by molar-refractivity contribution is 0.534. The van der Waals surface area contributed by atoms with Crippen molar-refractivity contribution in [3.05, 3.63) is 43.1 Å². The summed E-state index contributed by atoms with van der Waals surface area (Å²) in [6.07, 6.45) is 9.43. The number of furan rings is 2. The van der Waals surface area contributed by atoms with Gasteiger partial charge in [-0.15, -0.1) is 0 Å². The highest BCUT2D eigenvalue weighted by Gasteiger charge is 2.04. The Labute approximate surface area is 83.5 Å². The molecule has 0 bridgehead atoms. The van der Waals surface area contributed by atoms with Crippen molar-refractivity contribution in [3.63, 3.8) is 0 Å². The van der Waals surface area contributed by atoms with Crippen LogP contribution in [0, 0.1) is 6.42 Å². The molecule has 0 amide bonds. The van der Waals surface area contributed by atoms with Gasteiger partial charge in [-0.1, -0.05) is 13.3 Å². The summed E-state index contributed by atoms with van der Waals surface area (Å²) in [5.74, 6) is 0.933. The smallest absolute Gasteiger partial charge is 0.108 e. The van der Waals surface area contributed by atoms with Gasteiger partial charge in [0.1, 0.15) is 5.76 Å². The first-order chi connectivity index (χ1) is 6.90. The number of unbranched alkanes of at least 4 members (excludes halogenated alkanes) is 1. The summed E-state index contributed by atoms with van der Waals surface area (Å²) < 4.78 is 10.4. The van der Waals surface area contributed by atoms with Crippen molar-refractivity contribution in [2.75, 3.05) is 0 Å². The standard InChI is InChI=1S/C12H13O2/c1-2-3-4-12-7-11(9-14-12)10-5-6-13-8-10/h4-9H,2-3H2,1H3. The van der Waals surface area contributed by atoms with Gasteiger partial charge >= 0.3 is 0 Å². The molecule has 0 aliphatic heterocycles. The van der Waals surface area contributed by atoms with Gasteiger partial charge in [0, 0.05) is 17.5 Å². The lowest BCUT2D eigenvalue weighted by Crippen LogP contribution is -1.75. The summed E-state index contributed by atoms with van der Waals surface area (Å²) >= 11 is 0. The highest BCUT2D eigenvalue weighted by atomic mass is 16.3. The van der Waals surface area contributed by atoms with Gasteiger partial charge in [0.25, 0.3) is 0 Å². The van der Waals surface area contributed by atoms with Crippen molar-refractivity contribution in [2.24, 2.45) is 0 Å². The third-order valence-electron chi connectivity index (χ3n) is 2.11. The molecule has 73 valence electrons. The Hall–Kier alpha value is -1.44. The number of hydrogen-bond acceptors (Lipinski definition) is 2. The molecule has 0 aliphatic rings. The first-order valence-corrected chi connectivity index (χ1v) is 4.84. The van der Waals surface area contributed by atoms with E-state index < -0.39 is 0 Å². The highest BCUT2D eigenvalue weighted by molar-refractivity contribution is 5.61. The van der Waals surface area contributed by atoms with Gasteiger partial charge in [-0.05, 0) is 18.6 Å². The van der Waals surface area contributed by atoms with Gasteiger partial charge in [0.05, 0.1) is 18.8 Å². The normalized spacial score (nSPS) is 10.6. The SMILES string of the molecule is CCC[CH]c1cc(-c2ccoc2)co1. The molecule has 2 nitrogen and oxygen atoms in total. The van der Waals surface area contributed by atoms with Gasteiger partial charge in [-0.25, -0.2) is 0 Å². The maximum absolute atomic E-state index is 5.39. The largest absolute Gasteiger partial charge is 0.472 e. The zero-order valence-electron chi connectivity index (χ0n) is 8.19. The van der Waals surface area contributed by atoms with Crippen molar-refractivity contribution in [1.82, 2.24) is 0 Å². The molecule has 0 spiro atoms. The summed E-state index contributed by atoms with van der Waals surface area (Å²) in [6, 6.07) is 3.95. The quantitative estimate of drug-likeness (QED) is 0.729. The van der Waals surface area contributed by atoms with E-state index in [0.717, 1.165) is 29.7 Å². The molecule has 1 radical (unpaired) electrons. The molecule has 0 atom stereocenters. The predicted octanol–water partition coefficient (Wildman–Crippen LogP) is 3.89. The molecule has 14 heavy (non-hydrogen) atoms. The average Bonchev–Trinajstić information content (AvgIpc) is 2.85. The van der Waals surface area contributed by atoms with Crippen LogP contribution in [0.25, 0.3) is 11.1 Å². The topological polar surface area (TPSA) is 26.3 Å². The Balaban J connectivity index is 2.10. The lowest BCUT2D eigenvalue weighted by atomic mass is 10.1. The Morgan fingerprint density at radius 3 is 2.93 bits per heavy atom. The summed E-state index contributed by atoms with van der Waals surface area (Å²) in [6.45, 7) is 2.15. The van der Waals surface area contributed by atoms with Crippen LogP contribution in [0.2, 0.25) is 0 Å². The van der Waals surface area contributed by atoms with E-state index in [1.165, 1.54) is 0 Å². The summed E-state index contributed by atoms with van der Waals surface area (Å²) in [5.41, 5.74) is 2.13. The first-order valence-electron chi connectivity index (χ1n) is 4.84. The molecule has 0 aliphatic carbocycles. The van der Waals surface area contributed by atoms with E-state index in [1.807, 2.05) is 12.1 Å². The molecule has 0 saturated carbocycles. The molecule has 2 rings (SSSR count). The van der Waals surface area contributed by atoms with Crippen LogP contribution in [0.1, 0.15) is 25.5 Å². The van der Waals surface area contributed by atoms with E-state index in [4.69, 9.17) is 8.83 Å². The zero-order valence-corrected chi connectivity index (χ0v) is 8.19. The Kier molecular flexibility index (Phi) is 2.73. The fourth-order valence-electron chi connectivity index (χ4n) is 1.33. The number of hydrogen-bond donors (Lipinski definition) is 0. The van der Waals surface area contributed by atoms with Crippen LogP contribution in [-0.4, -0.2) is 0 Å². The van der Waals surface area contributed by atoms with Crippen molar-refractivity contribution in [2.45, 2.75) is 19.8 Å². The van der Waals surface area contributed by atoms with Crippen LogP contribution in [0.4, 0.5) is 0 Å². The highest BCUT2D eigenvalue weighted by Crippen LogP contribution is 2.23. The molecule has 2 aromatic rings. The average molecular weight is 189 g/mol. The molecule has 2 aromatic heterocycles. The van der Waals surface area contributed by atoms with Crippen LogP contribution in [0.5, 0.6) is 0 Å².